The molecule has 1 aromatic carbocycles. The molecule has 21 heavy (non-hydrogen) atoms. The van der Waals surface area contributed by atoms with Gasteiger partial charge in [0, 0.05) is 18.6 Å². The van der Waals surface area contributed by atoms with Gasteiger partial charge in [0.1, 0.15) is 6.17 Å². The molecule has 3 rings (SSSR count). The molecule has 0 saturated carbocycles. The summed E-state index contributed by atoms with van der Waals surface area (Å²) in [5.41, 5.74) is 3.70. The highest BCUT2D eigenvalue weighted by atomic mass is 16.5. The van der Waals surface area contributed by atoms with Crippen molar-refractivity contribution in [1.29, 1.82) is 0 Å². The number of carbonyl (C=O) groups excluding carboxylic acids is 1. The van der Waals surface area contributed by atoms with Crippen molar-refractivity contribution in [2.75, 3.05) is 19.8 Å². The number of rotatable bonds is 3. The van der Waals surface area contributed by atoms with Crippen LogP contribution in [0.5, 0.6) is 0 Å². The van der Waals surface area contributed by atoms with Crippen molar-refractivity contribution < 1.29 is 9.53 Å². The molecule has 2 aliphatic rings. The lowest BCUT2D eigenvalue weighted by atomic mass is 9.96. The average Bonchev–Trinajstić information content (AvgIpc) is 3.08. The quantitative estimate of drug-likeness (QED) is 0.926. The fraction of sp³-hybridized carbons (Fsp3) is 0.588. The molecule has 114 valence electrons. The van der Waals surface area contributed by atoms with E-state index < -0.39 is 0 Å². The molecule has 0 aromatic heterocycles. The molecule has 1 aromatic rings. The number of hydrogen-bond acceptors (Lipinski definition) is 3. The second-order valence-electron chi connectivity index (χ2n) is 6.31. The summed E-state index contributed by atoms with van der Waals surface area (Å²) in [5, 5.41) is 3.37. The number of aryl methyl sites for hydroxylation is 2. The summed E-state index contributed by atoms with van der Waals surface area (Å²) in [5.74, 6) is 0.640. The lowest BCUT2D eigenvalue weighted by Crippen LogP contribution is -2.42. The van der Waals surface area contributed by atoms with E-state index in [1.165, 1.54) is 16.7 Å². The van der Waals surface area contributed by atoms with E-state index in [2.05, 4.69) is 44.3 Å². The third kappa shape index (κ3) is 2.70. The molecule has 4 nitrogen and oxygen atoms in total. The molecular formula is C17H24N2O2. The SMILES string of the molecule is Cc1ccc(C2NCC(=O)N2C(C)C2CCOC2)c(C)c1. The van der Waals surface area contributed by atoms with Crippen molar-refractivity contribution in [3.8, 4) is 0 Å². The molecule has 3 atom stereocenters. The minimum Gasteiger partial charge on any atom is -0.381 e. The van der Waals surface area contributed by atoms with E-state index in [1.54, 1.807) is 0 Å². The summed E-state index contributed by atoms with van der Waals surface area (Å²) >= 11 is 0. The molecule has 1 amide bonds. The van der Waals surface area contributed by atoms with Crippen LogP contribution in [0.15, 0.2) is 18.2 Å². The fourth-order valence-electron chi connectivity index (χ4n) is 3.53. The monoisotopic (exact) mass is 288 g/mol. The van der Waals surface area contributed by atoms with Gasteiger partial charge in [-0.1, -0.05) is 23.8 Å². The molecular weight excluding hydrogens is 264 g/mol. The van der Waals surface area contributed by atoms with Gasteiger partial charge in [-0.2, -0.15) is 0 Å². The minimum absolute atomic E-state index is 0.00583. The molecule has 3 unspecified atom stereocenters. The highest BCUT2D eigenvalue weighted by Crippen LogP contribution is 2.32. The third-order valence-electron chi connectivity index (χ3n) is 4.82. The highest BCUT2D eigenvalue weighted by molar-refractivity contribution is 5.81. The second-order valence-corrected chi connectivity index (χ2v) is 6.31. The van der Waals surface area contributed by atoms with Crippen LogP contribution in [0, 0.1) is 19.8 Å². The van der Waals surface area contributed by atoms with Crippen molar-refractivity contribution in [2.24, 2.45) is 5.92 Å². The number of amides is 1. The maximum atomic E-state index is 12.4. The fourth-order valence-corrected chi connectivity index (χ4v) is 3.53. The zero-order chi connectivity index (χ0) is 15.0. The van der Waals surface area contributed by atoms with Crippen LogP contribution in [0.3, 0.4) is 0 Å². The summed E-state index contributed by atoms with van der Waals surface area (Å²) in [6.07, 6.45) is 1.04. The summed E-state index contributed by atoms with van der Waals surface area (Å²) in [6.45, 7) is 8.38. The number of benzene rings is 1. The van der Waals surface area contributed by atoms with Gasteiger partial charge < -0.3 is 9.64 Å². The van der Waals surface area contributed by atoms with E-state index in [9.17, 15) is 4.79 Å². The van der Waals surface area contributed by atoms with Gasteiger partial charge in [-0.3, -0.25) is 10.1 Å². The Balaban J connectivity index is 1.88. The first kappa shape index (κ1) is 14.5. The number of ether oxygens (including phenoxy) is 1. The first-order valence-corrected chi connectivity index (χ1v) is 7.77. The zero-order valence-corrected chi connectivity index (χ0v) is 13.1. The number of carbonyl (C=O) groups is 1. The molecule has 4 heteroatoms. The Morgan fingerprint density at radius 2 is 2.19 bits per heavy atom. The van der Waals surface area contributed by atoms with Gasteiger partial charge in [-0.25, -0.2) is 0 Å². The number of hydrogen-bond donors (Lipinski definition) is 1. The van der Waals surface area contributed by atoms with Gasteiger partial charge in [-0.05, 0) is 38.3 Å². The maximum Gasteiger partial charge on any atom is 0.238 e. The van der Waals surface area contributed by atoms with Crippen molar-refractivity contribution in [1.82, 2.24) is 10.2 Å². The Hall–Kier alpha value is -1.39. The molecule has 0 spiro atoms. The lowest BCUT2D eigenvalue weighted by molar-refractivity contribution is -0.131. The molecule has 1 N–H and O–H groups in total. The Labute approximate surface area is 126 Å². The summed E-state index contributed by atoms with van der Waals surface area (Å²) in [4.78, 5) is 14.4. The van der Waals surface area contributed by atoms with Crippen molar-refractivity contribution in [3.05, 3.63) is 34.9 Å². The first-order chi connectivity index (χ1) is 10.1. The van der Waals surface area contributed by atoms with E-state index in [0.29, 0.717) is 12.5 Å². The van der Waals surface area contributed by atoms with Crippen LogP contribution in [0.25, 0.3) is 0 Å². The molecule has 2 saturated heterocycles. The summed E-state index contributed by atoms with van der Waals surface area (Å²) in [7, 11) is 0. The van der Waals surface area contributed by atoms with Gasteiger partial charge in [0.15, 0.2) is 0 Å². The minimum atomic E-state index is -0.00583. The van der Waals surface area contributed by atoms with E-state index in [4.69, 9.17) is 4.74 Å². The van der Waals surface area contributed by atoms with E-state index in [1.807, 2.05) is 4.90 Å². The van der Waals surface area contributed by atoms with E-state index in [-0.39, 0.29) is 18.1 Å². The molecule has 2 heterocycles. The van der Waals surface area contributed by atoms with E-state index in [0.717, 1.165) is 19.6 Å². The molecule has 0 bridgehead atoms. The Bertz CT molecular complexity index is 538. The summed E-state index contributed by atoms with van der Waals surface area (Å²) in [6, 6.07) is 6.65. The van der Waals surface area contributed by atoms with Crippen LogP contribution in [0.2, 0.25) is 0 Å². The molecule has 2 fully saturated rings. The molecule has 2 aliphatic heterocycles. The molecule has 0 radical (unpaired) electrons. The van der Waals surface area contributed by atoms with Gasteiger partial charge in [0.25, 0.3) is 0 Å². The van der Waals surface area contributed by atoms with Crippen molar-refractivity contribution in [3.63, 3.8) is 0 Å². The predicted molar refractivity (Wildman–Crippen MR) is 81.9 cm³/mol. The van der Waals surface area contributed by atoms with Crippen LogP contribution in [0.4, 0.5) is 0 Å². The normalized spacial score (nSPS) is 27.4. The van der Waals surface area contributed by atoms with Gasteiger partial charge in [0.05, 0.1) is 13.2 Å². The maximum absolute atomic E-state index is 12.4. The third-order valence-corrected chi connectivity index (χ3v) is 4.82. The van der Waals surface area contributed by atoms with Gasteiger partial charge in [-0.15, -0.1) is 0 Å². The van der Waals surface area contributed by atoms with Crippen molar-refractivity contribution in [2.45, 2.75) is 39.4 Å². The topological polar surface area (TPSA) is 41.6 Å². The second kappa shape index (κ2) is 5.78. The number of nitrogens with one attached hydrogen (secondary N) is 1. The van der Waals surface area contributed by atoms with Crippen LogP contribution >= 0.6 is 0 Å². The highest BCUT2D eigenvalue weighted by Gasteiger charge is 2.39. The largest absolute Gasteiger partial charge is 0.381 e. The molecule has 0 aliphatic carbocycles. The Morgan fingerprint density at radius 1 is 1.38 bits per heavy atom. The van der Waals surface area contributed by atoms with Gasteiger partial charge >= 0.3 is 0 Å². The zero-order valence-electron chi connectivity index (χ0n) is 13.1. The number of nitrogens with zero attached hydrogens (tertiary/aromatic N) is 1. The van der Waals surface area contributed by atoms with Crippen LogP contribution in [-0.2, 0) is 9.53 Å². The predicted octanol–water partition coefficient (Wildman–Crippen LogP) is 2.16. The smallest absolute Gasteiger partial charge is 0.238 e. The van der Waals surface area contributed by atoms with Gasteiger partial charge in [0.2, 0.25) is 5.91 Å². The standard InChI is InChI=1S/C17H24N2O2/c1-11-4-5-15(12(2)8-11)17-18-9-16(20)19(17)13(3)14-6-7-21-10-14/h4-5,8,13-14,17-18H,6-7,9-10H2,1-3H3. The van der Waals surface area contributed by atoms with Crippen LogP contribution in [-0.4, -0.2) is 36.6 Å². The Kier molecular flexibility index (Phi) is 4.00. The van der Waals surface area contributed by atoms with Crippen LogP contribution in [0.1, 0.15) is 36.2 Å². The van der Waals surface area contributed by atoms with E-state index >= 15 is 0 Å². The lowest BCUT2D eigenvalue weighted by Gasteiger charge is -2.34. The van der Waals surface area contributed by atoms with Crippen LogP contribution < -0.4 is 5.32 Å². The van der Waals surface area contributed by atoms with Crippen molar-refractivity contribution >= 4 is 5.91 Å². The summed E-state index contributed by atoms with van der Waals surface area (Å²) < 4.78 is 5.50. The average molecular weight is 288 g/mol. The Morgan fingerprint density at radius 3 is 2.86 bits per heavy atom. The first-order valence-electron chi connectivity index (χ1n) is 7.77.